The third-order valence-electron chi connectivity index (χ3n) is 3.75. The van der Waals surface area contributed by atoms with Crippen LogP contribution in [0.15, 0.2) is 12.5 Å². The molecule has 1 aliphatic heterocycles. The number of imidazole rings is 1. The fourth-order valence-corrected chi connectivity index (χ4v) is 2.51. The number of aryl methyl sites for hydroxylation is 1. The maximum Gasteiger partial charge on any atom is 0.222 e. The molecule has 1 saturated carbocycles. The number of amides is 1. The highest BCUT2D eigenvalue weighted by Crippen LogP contribution is 2.22. The van der Waals surface area contributed by atoms with Crippen LogP contribution in [0.1, 0.15) is 37.3 Å². The molecule has 2 fully saturated rings. The summed E-state index contributed by atoms with van der Waals surface area (Å²) in [5, 5.41) is 6.39. The largest absolute Gasteiger partial charge is 0.353 e. The normalized spacial score (nSPS) is 23.2. The van der Waals surface area contributed by atoms with E-state index in [9.17, 15) is 4.79 Å². The molecule has 1 aromatic rings. The first-order valence-electron chi connectivity index (χ1n) is 6.83. The molecular weight excluding hydrogens is 228 g/mol. The summed E-state index contributed by atoms with van der Waals surface area (Å²) in [5.74, 6) is 0.723. The van der Waals surface area contributed by atoms with Crippen LogP contribution in [-0.4, -0.2) is 34.6 Å². The smallest absolute Gasteiger partial charge is 0.222 e. The molecule has 5 nitrogen and oxygen atoms in total. The van der Waals surface area contributed by atoms with Crippen LogP contribution in [0.2, 0.25) is 0 Å². The van der Waals surface area contributed by atoms with Gasteiger partial charge in [0.15, 0.2) is 0 Å². The average molecular weight is 248 g/mol. The summed E-state index contributed by atoms with van der Waals surface area (Å²) in [6.45, 7) is 2.85. The van der Waals surface area contributed by atoms with Crippen LogP contribution in [0, 0.1) is 0 Å². The maximum absolute atomic E-state index is 11.7. The van der Waals surface area contributed by atoms with Crippen LogP contribution in [-0.2, 0) is 11.3 Å². The SMILES string of the molecule is O=C(CCn1cncc1C1CCNC1)NC1CC1. The predicted molar refractivity (Wildman–Crippen MR) is 68.2 cm³/mol. The standard InChI is InChI=1S/C13H20N4O/c18-13(16-11-1-2-11)4-6-17-9-15-8-12(17)10-3-5-14-7-10/h8-11,14H,1-7H2,(H,16,18). The van der Waals surface area contributed by atoms with Crippen molar-refractivity contribution in [3.05, 3.63) is 18.2 Å². The van der Waals surface area contributed by atoms with Crippen molar-refractivity contribution in [3.8, 4) is 0 Å². The Labute approximate surface area is 107 Å². The molecule has 3 rings (SSSR count). The van der Waals surface area contributed by atoms with E-state index < -0.39 is 0 Å². The van der Waals surface area contributed by atoms with Gasteiger partial charge < -0.3 is 15.2 Å². The third kappa shape index (κ3) is 2.72. The first-order valence-corrected chi connectivity index (χ1v) is 6.83. The second kappa shape index (κ2) is 5.10. The highest BCUT2D eigenvalue weighted by Gasteiger charge is 2.23. The van der Waals surface area contributed by atoms with Gasteiger partial charge in [-0.3, -0.25) is 4.79 Å². The Balaban J connectivity index is 1.55. The van der Waals surface area contributed by atoms with Gasteiger partial charge in [-0.15, -0.1) is 0 Å². The molecule has 1 aliphatic carbocycles. The van der Waals surface area contributed by atoms with Crippen molar-refractivity contribution in [2.75, 3.05) is 13.1 Å². The first-order chi connectivity index (χ1) is 8.83. The van der Waals surface area contributed by atoms with Crippen molar-refractivity contribution in [1.29, 1.82) is 0 Å². The van der Waals surface area contributed by atoms with E-state index in [1.54, 1.807) is 0 Å². The van der Waals surface area contributed by atoms with Gasteiger partial charge in [0.1, 0.15) is 0 Å². The van der Waals surface area contributed by atoms with Crippen LogP contribution in [0.3, 0.4) is 0 Å². The van der Waals surface area contributed by atoms with Crippen molar-refractivity contribution in [2.45, 2.75) is 44.2 Å². The minimum atomic E-state index is 0.168. The lowest BCUT2D eigenvalue weighted by Crippen LogP contribution is -2.26. The minimum Gasteiger partial charge on any atom is -0.353 e. The number of hydrogen-bond acceptors (Lipinski definition) is 3. The molecule has 2 aliphatic rings. The Morgan fingerprint density at radius 3 is 3.11 bits per heavy atom. The van der Waals surface area contributed by atoms with E-state index in [0.29, 0.717) is 18.4 Å². The summed E-state index contributed by atoms with van der Waals surface area (Å²) in [6.07, 6.45) is 7.81. The lowest BCUT2D eigenvalue weighted by Gasteiger charge is -2.12. The molecule has 0 spiro atoms. The summed E-state index contributed by atoms with van der Waals surface area (Å²) in [4.78, 5) is 15.9. The summed E-state index contributed by atoms with van der Waals surface area (Å²) >= 11 is 0. The zero-order chi connectivity index (χ0) is 12.4. The lowest BCUT2D eigenvalue weighted by atomic mass is 10.1. The summed E-state index contributed by atoms with van der Waals surface area (Å²) in [7, 11) is 0. The zero-order valence-corrected chi connectivity index (χ0v) is 10.6. The van der Waals surface area contributed by atoms with E-state index in [0.717, 1.165) is 32.5 Å². The van der Waals surface area contributed by atoms with Crippen LogP contribution in [0.5, 0.6) is 0 Å². The molecule has 98 valence electrons. The molecule has 18 heavy (non-hydrogen) atoms. The van der Waals surface area contributed by atoms with Crippen molar-refractivity contribution in [3.63, 3.8) is 0 Å². The minimum absolute atomic E-state index is 0.168. The van der Waals surface area contributed by atoms with Crippen molar-refractivity contribution in [2.24, 2.45) is 0 Å². The number of nitrogens with one attached hydrogen (secondary N) is 2. The van der Waals surface area contributed by atoms with Crippen molar-refractivity contribution in [1.82, 2.24) is 20.2 Å². The van der Waals surface area contributed by atoms with E-state index in [1.165, 1.54) is 12.1 Å². The van der Waals surface area contributed by atoms with Gasteiger partial charge in [-0.25, -0.2) is 4.98 Å². The quantitative estimate of drug-likeness (QED) is 0.803. The monoisotopic (exact) mass is 248 g/mol. The second-order valence-electron chi connectivity index (χ2n) is 5.29. The molecule has 0 bridgehead atoms. The molecule has 1 saturated heterocycles. The Morgan fingerprint density at radius 2 is 2.39 bits per heavy atom. The van der Waals surface area contributed by atoms with Gasteiger partial charge in [0.2, 0.25) is 5.91 Å². The third-order valence-corrected chi connectivity index (χ3v) is 3.75. The van der Waals surface area contributed by atoms with Crippen LogP contribution >= 0.6 is 0 Å². The van der Waals surface area contributed by atoms with Crippen LogP contribution in [0.4, 0.5) is 0 Å². The molecule has 2 heterocycles. The van der Waals surface area contributed by atoms with E-state index in [-0.39, 0.29) is 5.91 Å². The van der Waals surface area contributed by atoms with E-state index in [4.69, 9.17) is 0 Å². The first kappa shape index (κ1) is 11.7. The topological polar surface area (TPSA) is 59.0 Å². The molecule has 2 N–H and O–H groups in total. The highest BCUT2D eigenvalue weighted by atomic mass is 16.1. The molecule has 0 radical (unpaired) electrons. The predicted octanol–water partition coefficient (Wildman–Crippen LogP) is 0.629. The van der Waals surface area contributed by atoms with Gasteiger partial charge >= 0.3 is 0 Å². The summed E-state index contributed by atoms with van der Waals surface area (Å²) < 4.78 is 2.13. The van der Waals surface area contributed by atoms with Gasteiger partial charge in [-0.2, -0.15) is 0 Å². The Bertz CT molecular complexity index is 418. The Hall–Kier alpha value is -1.36. The molecule has 1 atom stereocenters. The number of carbonyl (C=O) groups excluding carboxylic acids is 1. The molecule has 1 aromatic heterocycles. The molecule has 5 heteroatoms. The maximum atomic E-state index is 11.7. The Kier molecular flexibility index (Phi) is 3.32. The van der Waals surface area contributed by atoms with E-state index in [1.807, 2.05) is 12.5 Å². The van der Waals surface area contributed by atoms with Gasteiger partial charge in [0.05, 0.1) is 6.33 Å². The lowest BCUT2D eigenvalue weighted by molar-refractivity contribution is -0.121. The number of aromatic nitrogens is 2. The van der Waals surface area contributed by atoms with Crippen molar-refractivity contribution < 1.29 is 4.79 Å². The fourth-order valence-electron chi connectivity index (χ4n) is 2.51. The van der Waals surface area contributed by atoms with E-state index >= 15 is 0 Å². The van der Waals surface area contributed by atoms with Crippen LogP contribution in [0.25, 0.3) is 0 Å². The van der Waals surface area contributed by atoms with Crippen LogP contribution < -0.4 is 10.6 Å². The summed E-state index contributed by atoms with van der Waals surface area (Å²) in [6, 6.07) is 0.457. The zero-order valence-electron chi connectivity index (χ0n) is 10.6. The average Bonchev–Trinajstić information content (AvgIpc) is 2.86. The second-order valence-corrected chi connectivity index (χ2v) is 5.29. The van der Waals surface area contributed by atoms with Gasteiger partial charge in [0.25, 0.3) is 0 Å². The fraction of sp³-hybridized carbons (Fsp3) is 0.692. The van der Waals surface area contributed by atoms with Crippen molar-refractivity contribution >= 4 is 5.91 Å². The highest BCUT2D eigenvalue weighted by molar-refractivity contribution is 5.76. The molecular formula is C13H20N4O. The number of nitrogens with zero attached hydrogens (tertiary/aromatic N) is 2. The molecule has 1 unspecified atom stereocenters. The molecule has 1 amide bonds. The number of hydrogen-bond donors (Lipinski definition) is 2. The number of carbonyl (C=O) groups is 1. The van der Waals surface area contributed by atoms with Gasteiger partial charge in [0, 0.05) is 43.4 Å². The van der Waals surface area contributed by atoms with E-state index in [2.05, 4.69) is 20.2 Å². The Morgan fingerprint density at radius 1 is 1.50 bits per heavy atom. The number of rotatable bonds is 5. The molecule has 0 aromatic carbocycles. The summed E-state index contributed by atoms with van der Waals surface area (Å²) in [5.41, 5.74) is 1.26. The van der Waals surface area contributed by atoms with Gasteiger partial charge in [-0.1, -0.05) is 0 Å². The van der Waals surface area contributed by atoms with Gasteiger partial charge in [-0.05, 0) is 25.8 Å².